The predicted molar refractivity (Wildman–Crippen MR) is 108 cm³/mol. The van der Waals surface area contributed by atoms with Crippen molar-refractivity contribution in [1.29, 1.82) is 0 Å². The van der Waals surface area contributed by atoms with Crippen molar-refractivity contribution >= 4 is 40.6 Å². The van der Waals surface area contributed by atoms with E-state index >= 15 is 0 Å². The minimum absolute atomic E-state index is 0.0844. The molecule has 2 aromatic carbocycles. The minimum atomic E-state index is -0.0844. The summed E-state index contributed by atoms with van der Waals surface area (Å²) in [5.74, 6) is 0.878. The minimum Gasteiger partial charge on any atom is -0.399 e. The first-order valence-corrected chi connectivity index (χ1v) is 9.92. The highest BCUT2D eigenvalue weighted by Gasteiger charge is 2.30. The number of rotatable bonds is 3. The maximum absolute atomic E-state index is 13.3. The largest absolute Gasteiger partial charge is 0.399 e. The number of benzene rings is 2. The Morgan fingerprint density at radius 3 is 2.80 bits per heavy atom. The van der Waals surface area contributed by atoms with Crippen molar-refractivity contribution in [2.45, 2.75) is 12.6 Å². The number of halogens is 1. The molecule has 1 heterocycles. The zero-order chi connectivity index (χ0) is 18.0. The second-order valence-corrected chi connectivity index (χ2v) is 7.63. The molecular weight excluding hydrogens is 354 g/mol. The van der Waals surface area contributed by atoms with Gasteiger partial charge in [0.15, 0.2) is 0 Å². The van der Waals surface area contributed by atoms with Gasteiger partial charge < -0.3 is 10.6 Å². The molecule has 25 heavy (non-hydrogen) atoms. The fourth-order valence-electron chi connectivity index (χ4n) is 3.17. The van der Waals surface area contributed by atoms with Gasteiger partial charge in [0.05, 0.1) is 10.6 Å². The first kappa shape index (κ1) is 18.1. The van der Waals surface area contributed by atoms with Crippen molar-refractivity contribution in [2.75, 3.05) is 36.2 Å². The number of thioether (sulfide) groups is 1. The van der Waals surface area contributed by atoms with Gasteiger partial charge >= 0.3 is 0 Å². The SMILES string of the molecule is CSCC1CN(C(=O)c2ccc(N)cc2Cl)c2ccccc2CN1C. The Kier molecular flexibility index (Phi) is 5.57. The number of fused-ring (bicyclic) bond motifs is 1. The third-order valence-corrected chi connectivity index (χ3v) is 5.58. The van der Waals surface area contributed by atoms with Gasteiger partial charge in [-0.2, -0.15) is 11.8 Å². The molecule has 0 fully saturated rings. The topological polar surface area (TPSA) is 49.6 Å². The lowest BCUT2D eigenvalue weighted by atomic mass is 10.1. The molecule has 0 saturated carbocycles. The summed E-state index contributed by atoms with van der Waals surface area (Å²) < 4.78 is 0. The van der Waals surface area contributed by atoms with Crippen LogP contribution < -0.4 is 10.6 Å². The first-order chi connectivity index (χ1) is 12.0. The highest BCUT2D eigenvalue weighted by atomic mass is 35.5. The number of hydrogen-bond acceptors (Lipinski definition) is 4. The number of carbonyl (C=O) groups excluding carboxylic acids is 1. The molecule has 2 N–H and O–H groups in total. The van der Waals surface area contributed by atoms with Crippen LogP contribution in [-0.4, -0.2) is 42.4 Å². The lowest BCUT2D eigenvalue weighted by Crippen LogP contribution is -2.43. The number of nitrogens with two attached hydrogens (primary N) is 1. The van der Waals surface area contributed by atoms with Gasteiger partial charge in [-0.3, -0.25) is 9.69 Å². The van der Waals surface area contributed by atoms with Crippen molar-refractivity contribution in [3.8, 4) is 0 Å². The molecule has 6 heteroatoms. The number of nitrogen functional groups attached to an aromatic ring is 1. The summed E-state index contributed by atoms with van der Waals surface area (Å²) >= 11 is 8.09. The van der Waals surface area contributed by atoms with Crippen LogP contribution in [0.4, 0.5) is 11.4 Å². The van der Waals surface area contributed by atoms with Crippen LogP contribution in [0.25, 0.3) is 0 Å². The Bertz CT molecular complexity index is 783. The maximum atomic E-state index is 13.3. The molecule has 1 aliphatic heterocycles. The van der Waals surface area contributed by atoms with E-state index in [0.29, 0.717) is 22.8 Å². The van der Waals surface area contributed by atoms with Gasteiger partial charge in [0, 0.05) is 36.3 Å². The lowest BCUT2D eigenvalue weighted by Gasteiger charge is -2.29. The van der Waals surface area contributed by atoms with E-state index in [4.69, 9.17) is 17.3 Å². The van der Waals surface area contributed by atoms with Crippen LogP contribution in [0.5, 0.6) is 0 Å². The van der Waals surface area contributed by atoms with Gasteiger partial charge in [-0.1, -0.05) is 29.8 Å². The number of amides is 1. The molecule has 0 saturated heterocycles. The van der Waals surface area contributed by atoms with E-state index in [9.17, 15) is 4.79 Å². The number of anilines is 2. The lowest BCUT2D eigenvalue weighted by molar-refractivity contribution is 0.0981. The van der Waals surface area contributed by atoms with Crippen LogP contribution in [0.3, 0.4) is 0 Å². The predicted octanol–water partition coefficient (Wildman–Crippen LogP) is 3.75. The fraction of sp³-hybridized carbons (Fsp3) is 0.316. The van der Waals surface area contributed by atoms with Crippen LogP contribution in [0, 0.1) is 0 Å². The molecule has 4 nitrogen and oxygen atoms in total. The number of likely N-dealkylation sites (N-methyl/N-ethyl adjacent to an activating group) is 1. The standard InChI is InChI=1S/C19H22ClN3OS/c1-22-10-13-5-3-4-6-18(13)23(11-15(22)12-25-2)19(24)16-8-7-14(21)9-17(16)20/h3-9,15H,10-12,21H2,1-2H3. The van der Waals surface area contributed by atoms with E-state index < -0.39 is 0 Å². The fourth-order valence-corrected chi connectivity index (χ4v) is 4.18. The molecule has 132 valence electrons. The van der Waals surface area contributed by atoms with Gasteiger partial charge in [0.1, 0.15) is 0 Å². The Morgan fingerprint density at radius 2 is 2.08 bits per heavy atom. The molecule has 1 atom stereocenters. The molecule has 2 aromatic rings. The second kappa shape index (κ2) is 7.68. The monoisotopic (exact) mass is 375 g/mol. The van der Waals surface area contributed by atoms with Crippen molar-refractivity contribution in [1.82, 2.24) is 4.90 Å². The summed E-state index contributed by atoms with van der Waals surface area (Å²) in [4.78, 5) is 17.5. The Balaban J connectivity index is 2.03. The van der Waals surface area contributed by atoms with E-state index in [1.54, 1.807) is 30.0 Å². The summed E-state index contributed by atoms with van der Waals surface area (Å²) in [6, 6.07) is 13.4. The number of carbonyl (C=O) groups is 1. The highest BCUT2D eigenvalue weighted by Crippen LogP contribution is 2.30. The third kappa shape index (κ3) is 3.78. The van der Waals surface area contributed by atoms with Gasteiger partial charge in [-0.05, 0) is 43.1 Å². The molecule has 3 rings (SSSR count). The van der Waals surface area contributed by atoms with Gasteiger partial charge in [0.2, 0.25) is 0 Å². The summed E-state index contributed by atoms with van der Waals surface area (Å²) in [5, 5.41) is 0.390. The average Bonchev–Trinajstić information content (AvgIpc) is 2.72. The van der Waals surface area contributed by atoms with Gasteiger partial charge in [-0.15, -0.1) is 0 Å². The van der Waals surface area contributed by atoms with Crippen LogP contribution in [0.15, 0.2) is 42.5 Å². The molecule has 0 spiro atoms. The molecular formula is C19H22ClN3OS. The van der Waals surface area contributed by atoms with E-state index in [0.717, 1.165) is 23.5 Å². The molecule has 1 unspecified atom stereocenters. The van der Waals surface area contributed by atoms with E-state index in [1.165, 1.54) is 0 Å². The molecule has 0 aromatic heterocycles. The second-order valence-electron chi connectivity index (χ2n) is 6.31. The van der Waals surface area contributed by atoms with Gasteiger partial charge in [-0.25, -0.2) is 0 Å². The summed E-state index contributed by atoms with van der Waals surface area (Å²) in [6.07, 6.45) is 2.09. The van der Waals surface area contributed by atoms with E-state index in [-0.39, 0.29) is 11.9 Å². The Hall–Kier alpha value is -1.69. The molecule has 1 amide bonds. The number of para-hydroxylation sites is 1. The van der Waals surface area contributed by atoms with Crippen LogP contribution in [0.1, 0.15) is 15.9 Å². The highest BCUT2D eigenvalue weighted by molar-refractivity contribution is 7.98. The molecule has 0 radical (unpaired) electrons. The number of nitrogens with zero attached hydrogens (tertiary/aromatic N) is 2. The molecule has 1 aliphatic rings. The summed E-state index contributed by atoms with van der Waals surface area (Å²) in [5.41, 5.74) is 8.91. The van der Waals surface area contributed by atoms with E-state index in [2.05, 4.69) is 24.3 Å². The van der Waals surface area contributed by atoms with Crippen molar-refractivity contribution in [2.24, 2.45) is 0 Å². The van der Waals surface area contributed by atoms with Crippen molar-refractivity contribution < 1.29 is 4.79 Å². The van der Waals surface area contributed by atoms with Crippen LogP contribution in [-0.2, 0) is 6.54 Å². The zero-order valence-corrected chi connectivity index (χ0v) is 16.0. The summed E-state index contributed by atoms with van der Waals surface area (Å²) in [7, 11) is 2.11. The quantitative estimate of drug-likeness (QED) is 0.830. The van der Waals surface area contributed by atoms with Crippen LogP contribution in [0.2, 0.25) is 5.02 Å². The Labute approximate surface area is 157 Å². The Morgan fingerprint density at radius 1 is 1.32 bits per heavy atom. The zero-order valence-electron chi connectivity index (χ0n) is 14.4. The number of hydrogen-bond donors (Lipinski definition) is 1. The first-order valence-electron chi connectivity index (χ1n) is 8.15. The smallest absolute Gasteiger partial charge is 0.259 e. The summed E-state index contributed by atoms with van der Waals surface area (Å²) in [6.45, 7) is 1.45. The molecule has 0 aliphatic carbocycles. The third-order valence-electron chi connectivity index (χ3n) is 4.55. The van der Waals surface area contributed by atoms with Crippen molar-refractivity contribution in [3.05, 3.63) is 58.6 Å². The maximum Gasteiger partial charge on any atom is 0.259 e. The van der Waals surface area contributed by atoms with E-state index in [1.807, 2.05) is 23.1 Å². The molecule has 0 bridgehead atoms. The normalized spacial score (nSPS) is 17.9. The van der Waals surface area contributed by atoms with Crippen LogP contribution >= 0.6 is 23.4 Å². The van der Waals surface area contributed by atoms with Crippen molar-refractivity contribution in [3.63, 3.8) is 0 Å². The average molecular weight is 376 g/mol. The van der Waals surface area contributed by atoms with Gasteiger partial charge in [0.25, 0.3) is 5.91 Å².